The first kappa shape index (κ1) is 20.8. The van der Waals surface area contributed by atoms with Gasteiger partial charge < -0.3 is 9.84 Å². The maximum Gasteiger partial charge on any atom is 0.273 e. The molecule has 2 saturated carbocycles. The Bertz CT molecular complexity index is 827. The normalized spacial score (nSPS) is 29.7. The number of hydrogen-bond donors (Lipinski definition) is 1. The Kier molecular flexibility index (Phi) is 6.02. The van der Waals surface area contributed by atoms with Crippen LogP contribution in [-0.2, 0) is 10.0 Å². The first-order valence-corrected chi connectivity index (χ1v) is 12.7. The van der Waals surface area contributed by atoms with E-state index in [9.17, 15) is 13.2 Å². The number of nitrogens with zero attached hydrogens (tertiary/aromatic N) is 2. The topological polar surface area (TPSA) is 92.5 Å². The van der Waals surface area contributed by atoms with Crippen molar-refractivity contribution in [3.05, 3.63) is 17.5 Å². The standard InChI is InChI=1S/C21H33N3O4S/c1-14-12-24(29(26,27)13-16-6-4-3-5-7-16)15(2)10-18(14)22-21(25)19-11-20(28-23-19)17-8-9-17/h11,14-18H,3-10,12-13H2,1-2H3,(H,22,25)/t14-,15-,18+/m0/s1. The van der Waals surface area contributed by atoms with Crippen molar-refractivity contribution in [3.8, 4) is 0 Å². The monoisotopic (exact) mass is 423 g/mol. The third kappa shape index (κ3) is 4.85. The first-order chi connectivity index (χ1) is 13.8. The molecule has 7 nitrogen and oxygen atoms in total. The molecule has 1 amide bonds. The molecule has 2 heterocycles. The van der Waals surface area contributed by atoms with E-state index in [-0.39, 0.29) is 29.7 Å². The van der Waals surface area contributed by atoms with Gasteiger partial charge in [0.25, 0.3) is 5.91 Å². The Morgan fingerprint density at radius 3 is 2.62 bits per heavy atom. The molecule has 2 aliphatic carbocycles. The minimum atomic E-state index is -3.28. The van der Waals surface area contributed by atoms with Crippen LogP contribution in [0.1, 0.15) is 87.4 Å². The van der Waals surface area contributed by atoms with Crippen LogP contribution in [0.25, 0.3) is 0 Å². The van der Waals surface area contributed by atoms with Gasteiger partial charge in [0.1, 0.15) is 5.76 Å². The van der Waals surface area contributed by atoms with Gasteiger partial charge in [-0.3, -0.25) is 4.79 Å². The molecule has 1 aromatic heterocycles. The molecule has 29 heavy (non-hydrogen) atoms. The largest absolute Gasteiger partial charge is 0.360 e. The number of carbonyl (C=O) groups excluding carboxylic acids is 1. The maximum absolute atomic E-state index is 13.0. The van der Waals surface area contributed by atoms with Crippen LogP contribution in [0, 0.1) is 11.8 Å². The summed E-state index contributed by atoms with van der Waals surface area (Å²) in [4.78, 5) is 12.6. The maximum atomic E-state index is 13.0. The van der Waals surface area contributed by atoms with Crippen molar-refractivity contribution in [1.82, 2.24) is 14.8 Å². The zero-order valence-corrected chi connectivity index (χ0v) is 18.3. The van der Waals surface area contributed by atoms with Gasteiger partial charge in [0.05, 0.1) is 5.75 Å². The van der Waals surface area contributed by atoms with E-state index in [1.807, 2.05) is 13.8 Å². The third-order valence-electron chi connectivity index (χ3n) is 6.83. The fraction of sp³-hybridized carbons (Fsp3) is 0.810. The summed E-state index contributed by atoms with van der Waals surface area (Å²) >= 11 is 0. The highest BCUT2D eigenvalue weighted by Crippen LogP contribution is 2.40. The van der Waals surface area contributed by atoms with Crippen LogP contribution < -0.4 is 5.32 Å². The van der Waals surface area contributed by atoms with Crippen molar-refractivity contribution < 1.29 is 17.7 Å². The van der Waals surface area contributed by atoms with Gasteiger partial charge in [-0.05, 0) is 50.9 Å². The summed E-state index contributed by atoms with van der Waals surface area (Å²) in [6, 6.07) is 1.55. The molecular weight excluding hydrogens is 390 g/mol. The lowest BCUT2D eigenvalue weighted by Crippen LogP contribution is -2.55. The quantitative estimate of drug-likeness (QED) is 0.758. The molecule has 1 N–H and O–H groups in total. The van der Waals surface area contributed by atoms with E-state index in [0.29, 0.717) is 30.5 Å². The van der Waals surface area contributed by atoms with E-state index in [2.05, 4.69) is 10.5 Å². The molecule has 1 aromatic rings. The predicted octanol–water partition coefficient (Wildman–Crippen LogP) is 3.29. The molecule has 0 unspecified atom stereocenters. The van der Waals surface area contributed by atoms with E-state index in [4.69, 9.17) is 4.52 Å². The number of aromatic nitrogens is 1. The Labute approximate surface area is 173 Å². The molecule has 0 bridgehead atoms. The zero-order chi connectivity index (χ0) is 20.6. The number of sulfonamides is 1. The zero-order valence-electron chi connectivity index (χ0n) is 17.5. The average Bonchev–Trinajstić information content (AvgIpc) is 3.41. The second kappa shape index (κ2) is 8.38. The van der Waals surface area contributed by atoms with Crippen LogP contribution in [0.2, 0.25) is 0 Å². The highest BCUT2D eigenvalue weighted by atomic mass is 32.2. The number of rotatable bonds is 6. The summed E-state index contributed by atoms with van der Waals surface area (Å²) in [6.45, 7) is 4.41. The Morgan fingerprint density at radius 1 is 1.21 bits per heavy atom. The summed E-state index contributed by atoms with van der Waals surface area (Å²) in [6.07, 6.45) is 8.37. The summed E-state index contributed by atoms with van der Waals surface area (Å²) in [5.41, 5.74) is 0.319. The number of piperidine rings is 1. The van der Waals surface area contributed by atoms with E-state index in [1.54, 1.807) is 10.4 Å². The van der Waals surface area contributed by atoms with Gasteiger partial charge in [-0.25, -0.2) is 8.42 Å². The van der Waals surface area contributed by atoms with Crippen molar-refractivity contribution in [2.75, 3.05) is 12.3 Å². The number of amides is 1. The molecule has 3 atom stereocenters. The number of hydrogen-bond acceptors (Lipinski definition) is 5. The summed E-state index contributed by atoms with van der Waals surface area (Å²) < 4.78 is 33.1. The molecule has 162 valence electrons. The highest BCUT2D eigenvalue weighted by Gasteiger charge is 2.39. The first-order valence-electron chi connectivity index (χ1n) is 11.1. The Hall–Kier alpha value is -1.41. The Balaban J connectivity index is 1.35. The molecule has 3 aliphatic rings. The fourth-order valence-electron chi connectivity index (χ4n) is 4.84. The van der Waals surface area contributed by atoms with E-state index in [0.717, 1.165) is 44.3 Å². The second-order valence-electron chi connectivity index (χ2n) is 9.38. The van der Waals surface area contributed by atoms with E-state index in [1.165, 1.54) is 6.42 Å². The van der Waals surface area contributed by atoms with Crippen LogP contribution in [0.4, 0.5) is 0 Å². The van der Waals surface area contributed by atoms with Crippen molar-refractivity contribution in [2.45, 2.75) is 83.2 Å². The molecule has 0 aromatic carbocycles. The van der Waals surface area contributed by atoms with E-state index >= 15 is 0 Å². The Morgan fingerprint density at radius 2 is 1.93 bits per heavy atom. The van der Waals surface area contributed by atoms with Gasteiger partial charge in [0, 0.05) is 30.6 Å². The second-order valence-corrected chi connectivity index (χ2v) is 11.3. The highest BCUT2D eigenvalue weighted by molar-refractivity contribution is 7.89. The van der Waals surface area contributed by atoms with E-state index < -0.39 is 10.0 Å². The van der Waals surface area contributed by atoms with Crippen LogP contribution in [0.3, 0.4) is 0 Å². The molecule has 3 fully saturated rings. The molecule has 4 rings (SSSR count). The minimum absolute atomic E-state index is 0.0473. The molecule has 0 spiro atoms. The predicted molar refractivity (Wildman–Crippen MR) is 110 cm³/mol. The van der Waals surface area contributed by atoms with Gasteiger partial charge in [0.15, 0.2) is 5.69 Å². The number of nitrogens with one attached hydrogen (secondary N) is 1. The number of carbonyl (C=O) groups is 1. The van der Waals surface area contributed by atoms with Crippen molar-refractivity contribution in [1.29, 1.82) is 0 Å². The SMILES string of the molecule is C[C@H]1CN(S(=O)(=O)CC2CCCCC2)[C@@H](C)C[C@H]1NC(=O)c1cc(C2CC2)on1. The lowest BCUT2D eigenvalue weighted by atomic mass is 9.91. The lowest BCUT2D eigenvalue weighted by molar-refractivity contribution is 0.0870. The molecule has 0 radical (unpaired) electrons. The summed E-state index contributed by atoms with van der Waals surface area (Å²) in [7, 11) is -3.28. The van der Waals surface area contributed by atoms with Gasteiger partial charge in [-0.1, -0.05) is 31.3 Å². The van der Waals surface area contributed by atoms with Crippen molar-refractivity contribution >= 4 is 15.9 Å². The van der Waals surface area contributed by atoms with Crippen LogP contribution in [0.5, 0.6) is 0 Å². The van der Waals surface area contributed by atoms with Crippen LogP contribution >= 0.6 is 0 Å². The molecule has 1 aliphatic heterocycles. The lowest BCUT2D eigenvalue weighted by Gasteiger charge is -2.41. The molecular formula is C21H33N3O4S. The minimum Gasteiger partial charge on any atom is -0.360 e. The smallest absolute Gasteiger partial charge is 0.273 e. The van der Waals surface area contributed by atoms with Crippen LogP contribution in [-0.4, -0.2) is 48.2 Å². The van der Waals surface area contributed by atoms with Gasteiger partial charge in [-0.2, -0.15) is 4.31 Å². The van der Waals surface area contributed by atoms with Gasteiger partial charge >= 0.3 is 0 Å². The molecule has 8 heteroatoms. The fourth-order valence-corrected chi connectivity index (χ4v) is 7.06. The summed E-state index contributed by atoms with van der Waals surface area (Å²) in [5.74, 6) is 1.58. The van der Waals surface area contributed by atoms with Crippen molar-refractivity contribution in [2.24, 2.45) is 11.8 Å². The summed E-state index contributed by atoms with van der Waals surface area (Å²) in [5, 5.41) is 6.97. The third-order valence-corrected chi connectivity index (χ3v) is 8.94. The van der Waals surface area contributed by atoms with Crippen LogP contribution in [0.15, 0.2) is 10.6 Å². The van der Waals surface area contributed by atoms with Gasteiger partial charge in [0.2, 0.25) is 10.0 Å². The van der Waals surface area contributed by atoms with Gasteiger partial charge in [-0.15, -0.1) is 0 Å². The van der Waals surface area contributed by atoms with Crippen molar-refractivity contribution in [3.63, 3.8) is 0 Å². The average molecular weight is 424 g/mol. The molecule has 1 saturated heterocycles.